The molecule has 2 aromatic heterocycles. The molecule has 3 heterocycles. The third-order valence-corrected chi connectivity index (χ3v) is 3.94. The Morgan fingerprint density at radius 2 is 2.21 bits per heavy atom. The van der Waals surface area contributed by atoms with Crippen LogP contribution in [0.2, 0.25) is 0 Å². The van der Waals surface area contributed by atoms with E-state index < -0.39 is 0 Å². The first-order chi connectivity index (χ1) is 10.7. The molecule has 1 unspecified atom stereocenters. The highest BCUT2D eigenvalue weighted by molar-refractivity contribution is 5.91. The molecule has 1 saturated heterocycles. The number of hydrogen-bond donors (Lipinski definition) is 1. The molecular weight excluding hydrogens is 349 g/mol. The van der Waals surface area contributed by atoms with Crippen LogP contribution >= 0.6 is 24.8 Å². The van der Waals surface area contributed by atoms with Crippen molar-refractivity contribution in [3.63, 3.8) is 0 Å². The highest BCUT2D eigenvalue weighted by atomic mass is 35.5. The minimum Gasteiger partial charge on any atom is -0.334 e. The lowest BCUT2D eigenvalue weighted by Crippen LogP contribution is -2.32. The summed E-state index contributed by atoms with van der Waals surface area (Å²) >= 11 is 0. The number of rotatable bonds is 4. The van der Waals surface area contributed by atoms with E-state index in [0.29, 0.717) is 18.3 Å². The van der Waals surface area contributed by atoms with Crippen molar-refractivity contribution in [2.75, 3.05) is 20.1 Å². The smallest absolute Gasteiger partial charge is 0.274 e. The Kier molecular flexibility index (Phi) is 8.18. The predicted octanol–water partition coefficient (Wildman–Crippen LogP) is 2.32. The van der Waals surface area contributed by atoms with Crippen LogP contribution in [0.4, 0.5) is 0 Å². The van der Waals surface area contributed by atoms with Gasteiger partial charge in [0.15, 0.2) is 0 Å². The molecule has 8 heteroatoms. The number of halogens is 2. The van der Waals surface area contributed by atoms with Gasteiger partial charge in [-0.15, -0.1) is 24.8 Å². The van der Waals surface area contributed by atoms with E-state index >= 15 is 0 Å². The van der Waals surface area contributed by atoms with Crippen LogP contribution in [0.25, 0.3) is 0 Å². The van der Waals surface area contributed by atoms with E-state index in [4.69, 9.17) is 0 Å². The topological polar surface area (TPSA) is 63.1 Å². The Morgan fingerprint density at radius 3 is 2.88 bits per heavy atom. The van der Waals surface area contributed by atoms with Crippen LogP contribution in [-0.2, 0) is 6.54 Å². The van der Waals surface area contributed by atoms with Gasteiger partial charge < -0.3 is 10.2 Å². The number of amides is 1. The molecule has 0 aromatic carbocycles. The van der Waals surface area contributed by atoms with Crippen LogP contribution in [0.1, 0.15) is 35.1 Å². The second kappa shape index (κ2) is 9.61. The van der Waals surface area contributed by atoms with Crippen molar-refractivity contribution in [1.82, 2.24) is 25.0 Å². The molecule has 0 bridgehead atoms. The van der Waals surface area contributed by atoms with Gasteiger partial charge in [-0.25, -0.2) is 0 Å². The summed E-state index contributed by atoms with van der Waals surface area (Å²) in [6.45, 7) is 2.47. The Bertz CT molecular complexity index is 628. The molecule has 1 fully saturated rings. The molecule has 0 saturated carbocycles. The van der Waals surface area contributed by atoms with Gasteiger partial charge >= 0.3 is 0 Å². The molecule has 1 amide bonds. The molecule has 0 aliphatic carbocycles. The molecule has 0 spiro atoms. The molecule has 6 nitrogen and oxygen atoms in total. The first-order valence-electron chi connectivity index (χ1n) is 7.65. The summed E-state index contributed by atoms with van der Waals surface area (Å²) in [5, 5.41) is 7.82. The number of carbonyl (C=O) groups is 1. The zero-order valence-electron chi connectivity index (χ0n) is 13.6. The van der Waals surface area contributed by atoms with Gasteiger partial charge in [0.25, 0.3) is 5.91 Å². The van der Waals surface area contributed by atoms with Crippen LogP contribution in [-0.4, -0.2) is 45.7 Å². The van der Waals surface area contributed by atoms with E-state index in [0.717, 1.165) is 31.6 Å². The quantitative estimate of drug-likeness (QED) is 0.895. The first kappa shape index (κ1) is 20.4. The average Bonchev–Trinajstić information content (AvgIpc) is 3.06. The van der Waals surface area contributed by atoms with Crippen LogP contribution in [0.15, 0.2) is 36.7 Å². The fourth-order valence-corrected chi connectivity index (χ4v) is 2.72. The molecule has 24 heavy (non-hydrogen) atoms. The van der Waals surface area contributed by atoms with Crippen molar-refractivity contribution in [1.29, 1.82) is 0 Å². The Morgan fingerprint density at radius 1 is 1.38 bits per heavy atom. The van der Waals surface area contributed by atoms with E-state index in [1.165, 1.54) is 0 Å². The van der Waals surface area contributed by atoms with Crippen molar-refractivity contribution in [2.45, 2.75) is 25.4 Å². The number of carbonyl (C=O) groups excluding carboxylic acids is 1. The number of hydrogen-bond acceptors (Lipinski definition) is 4. The summed E-state index contributed by atoms with van der Waals surface area (Å²) in [6, 6.07) is 7.84. The maximum atomic E-state index is 12.5. The fraction of sp³-hybridized carbons (Fsp3) is 0.438. The van der Waals surface area contributed by atoms with Crippen molar-refractivity contribution in [3.8, 4) is 0 Å². The van der Waals surface area contributed by atoms with Crippen LogP contribution < -0.4 is 5.32 Å². The van der Waals surface area contributed by atoms with E-state index in [9.17, 15) is 4.79 Å². The predicted molar refractivity (Wildman–Crippen MR) is 97.9 cm³/mol. The minimum atomic E-state index is -0.0758. The van der Waals surface area contributed by atoms with Gasteiger partial charge in [-0.2, -0.15) is 5.10 Å². The normalized spacial score (nSPS) is 16.6. The van der Waals surface area contributed by atoms with Crippen molar-refractivity contribution in [3.05, 3.63) is 48.0 Å². The third-order valence-electron chi connectivity index (χ3n) is 3.94. The van der Waals surface area contributed by atoms with E-state index in [2.05, 4.69) is 15.4 Å². The highest BCUT2D eigenvalue weighted by Crippen LogP contribution is 2.16. The standard InChI is InChI=1S/C16H21N5O.2ClH/c1-20(12-13-5-2-3-9-18-13)16(22)15-7-10-21(19-15)14-6-4-8-17-11-14;;/h2-3,5,7,9-10,14,17H,4,6,8,11-12H2,1H3;2*1H. The third kappa shape index (κ3) is 4.93. The van der Waals surface area contributed by atoms with Crippen molar-refractivity contribution >= 4 is 30.7 Å². The minimum absolute atomic E-state index is 0. The van der Waals surface area contributed by atoms with Gasteiger partial charge in [0.2, 0.25) is 0 Å². The van der Waals surface area contributed by atoms with E-state index in [-0.39, 0.29) is 30.7 Å². The molecule has 132 valence electrons. The number of aromatic nitrogens is 3. The van der Waals surface area contributed by atoms with Gasteiger partial charge in [0, 0.05) is 26.0 Å². The molecule has 1 atom stereocenters. The van der Waals surface area contributed by atoms with Gasteiger partial charge in [0.05, 0.1) is 18.3 Å². The SMILES string of the molecule is CN(Cc1ccccn1)C(=O)c1ccn(C2CCCNC2)n1.Cl.Cl. The Balaban J connectivity index is 0.00000144. The number of nitrogens with zero attached hydrogens (tertiary/aromatic N) is 4. The lowest BCUT2D eigenvalue weighted by molar-refractivity contribution is 0.0776. The monoisotopic (exact) mass is 371 g/mol. The van der Waals surface area contributed by atoms with Crippen molar-refractivity contribution < 1.29 is 4.79 Å². The molecule has 1 N–H and O–H groups in total. The number of pyridine rings is 1. The Hall–Kier alpha value is -1.63. The van der Waals surface area contributed by atoms with Gasteiger partial charge in [0.1, 0.15) is 5.69 Å². The molecule has 1 aliphatic heterocycles. The summed E-state index contributed by atoms with van der Waals surface area (Å²) in [5.41, 5.74) is 1.36. The summed E-state index contributed by atoms with van der Waals surface area (Å²) in [4.78, 5) is 18.3. The number of nitrogens with one attached hydrogen (secondary N) is 1. The number of piperidine rings is 1. The van der Waals surface area contributed by atoms with Crippen LogP contribution in [0.3, 0.4) is 0 Å². The first-order valence-corrected chi connectivity index (χ1v) is 7.65. The maximum Gasteiger partial charge on any atom is 0.274 e. The van der Waals surface area contributed by atoms with Crippen LogP contribution in [0.5, 0.6) is 0 Å². The molecular formula is C16H23Cl2N5O. The maximum absolute atomic E-state index is 12.5. The molecule has 2 aromatic rings. The van der Waals surface area contributed by atoms with Gasteiger partial charge in [-0.3, -0.25) is 14.5 Å². The highest BCUT2D eigenvalue weighted by Gasteiger charge is 2.19. The van der Waals surface area contributed by atoms with Gasteiger partial charge in [-0.1, -0.05) is 6.07 Å². The average molecular weight is 372 g/mol. The van der Waals surface area contributed by atoms with E-state index in [1.54, 1.807) is 24.2 Å². The van der Waals surface area contributed by atoms with E-state index in [1.807, 2.05) is 29.1 Å². The summed E-state index contributed by atoms with van der Waals surface area (Å²) in [7, 11) is 1.78. The summed E-state index contributed by atoms with van der Waals surface area (Å²) in [6.07, 6.45) is 5.89. The van der Waals surface area contributed by atoms with Crippen molar-refractivity contribution in [2.24, 2.45) is 0 Å². The molecule has 0 radical (unpaired) electrons. The molecule has 1 aliphatic rings. The largest absolute Gasteiger partial charge is 0.334 e. The van der Waals surface area contributed by atoms with Crippen LogP contribution in [0, 0.1) is 0 Å². The second-order valence-electron chi connectivity index (χ2n) is 5.66. The van der Waals surface area contributed by atoms with Gasteiger partial charge in [-0.05, 0) is 37.6 Å². The Labute approximate surface area is 154 Å². The lowest BCUT2D eigenvalue weighted by atomic mass is 10.1. The zero-order chi connectivity index (χ0) is 15.4. The zero-order valence-corrected chi connectivity index (χ0v) is 15.2. The molecule has 3 rings (SSSR count). The summed E-state index contributed by atoms with van der Waals surface area (Å²) in [5.74, 6) is -0.0758. The summed E-state index contributed by atoms with van der Waals surface area (Å²) < 4.78 is 1.91. The lowest BCUT2D eigenvalue weighted by Gasteiger charge is -2.23. The second-order valence-corrected chi connectivity index (χ2v) is 5.66. The fourth-order valence-electron chi connectivity index (χ4n) is 2.72.